The molecule has 0 aromatic rings. The minimum atomic E-state index is 0.514. The Bertz CT molecular complexity index is 123. The second-order valence-corrected chi connectivity index (χ2v) is 2.25. The molecule has 0 aliphatic carbocycles. The smallest absolute Gasteiger partial charge is 0.0885 e. The summed E-state index contributed by atoms with van der Waals surface area (Å²) in [5.41, 5.74) is 0. The molecule has 58 valence electrons. The summed E-state index contributed by atoms with van der Waals surface area (Å²) in [7, 11) is 0. The van der Waals surface area contributed by atoms with Gasteiger partial charge in [-0.05, 0) is 25.8 Å². The Kier molecular flexibility index (Phi) is 5.94. The third-order valence-corrected chi connectivity index (χ3v) is 1.23. The van der Waals surface area contributed by atoms with E-state index in [-0.39, 0.29) is 0 Å². The van der Waals surface area contributed by atoms with Gasteiger partial charge < -0.3 is 5.11 Å². The van der Waals surface area contributed by atoms with Crippen molar-refractivity contribution in [3.8, 4) is 0 Å². The lowest BCUT2D eigenvalue weighted by molar-refractivity contribution is 0.384. The van der Waals surface area contributed by atoms with E-state index in [9.17, 15) is 0 Å². The van der Waals surface area contributed by atoms with E-state index in [4.69, 9.17) is 5.11 Å². The van der Waals surface area contributed by atoms with E-state index in [2.05, 4.69) is 6.92 Å². The van der Waals surface area contributed by atoms with Gasteiger partial charge in [0, 0.05) is 6.42 Å². The first-order valence-corrected chi connectivity index (χ1v) is 3.80. The molecule has 10 heavy (non-hydrogen) atoms. The summed E-state index contributed by atoms with van der Waals surface area (Å²) >= 11 is 0. The molecule has 0 aliphatic heterocycles. The molecule has 0 aromatic carbocycles. The zero-order chi connectivity index (χ0) is 7.82. The minimum Gasteiger partial charge on any atom is -0.513 e. The quantitative estimate of drug-likeness (QED) is 0.469. The first-order valence-electron chi connectivity index (χ1n) is 3.80. The zero-order valence-corrected chi connectivity index (χ0v) is 6.80. The summed E-state index contributed by atoms with van der Waals surface area (Å²) in [5.74, 6) is 0.514. The molecule has 1 heteroatoms. The van der Waals surface area contributed by atoms with E-state index in [0.717, 1.165) is 19.3 Å². The summed E-state index contributed by atoms with van der Waals surface area (Å²) in [6.45, 7) is 4.03. The highest BCUT2D eigenvalue weighted by molar-refractivity contribution is 4.96. The Morgan fingerprint density at radius 2 is 2.20 bits per heavy atom. The van der Waals surface area contributed by atoms with Crippen LogP contribution in [-0.2, 0) is 0 Å². The maximum Gasteiger partial charge on any atom is 0.0885 e. The van der Waals surface area contributed by atoms with Gasteiger partial charge in [-0.2, -0.15) is 0 Å². The van der Waals surface area contributed by atoms with Gasteiger partial charge in [-0.25, -0.2) is 0 Å². The Balaban J connectivity index is 3.47. The van der Waals surface area contributed by atoms with Gasteiger partial charge in [-0.1, -0.05) is 19.1 Å². The Morgan fingerprint density at radius 3 is 2.70 bits per heavy atom. The maximum atomic E-state index is 9.10. The molecular weight excluding hydrogens is 124 g/mol. The molecule has 1 nitrogen and oxygen atoms in total. The van der Waals surface area contributed by atoms with Gasteiger partial charge >= 0.3 is 0 Å². The van der Waals surface area contributed by atoms with Crippen molar-refractivity contribution >= 4 is 0 Å². The number of allylic oxidation sites excluding steroid dienone is 4. The number of hydrogen-bond acceptors (Lipinski definition) is 1. The summed E-state index contributed by atoms with van der Waals surface area (Å²) in [4.78, 5) is 0. The summed E-state index contributed by atoms with van der Waals surface area (Å²) in [6.07, 6.45) is 8.52. The number of aliphatic hydroxyl groups is 1. The molecule has 0 aromatic heterocycles. The molecule has 0 radical (unpaired) electrons. The predicted molar refractivity (Wildman–Crippen MR) is 45.1 cm³/mol. The van der Waals surface area contributed by atoms with Crippen molar-refractivity contribution in [2.75, 3.05) is 0 Å². The lowest BCUT2D eigenvalue weighted by atomic mass is 10.2. The summed E-state index contributed by atoms with van der Waals surface area (Å²) < 4.78 is 0. The number of hydrogen-bond donors (Lipinski definition) is 1. The highest BCUT2D eigenvalue weighted by Gasteiger charge is 1.86. The molecule has 0 rings (SSSR count). The molecule has 1 N–H and O–H groups in total. The molecule has 0 saturated heterocycles. The van der Waals surface area contributed by atoms with Crippen LogP contribution in [0.4, 0.5) is 0 Å². The van der Waals surface area contributed by atoms with Gasteiger partial charge in [-0.15, -0.1) is 0 Å². The van der Waals surface area contributed by atoms with Crippen LogP contribution in [0.5, 0.6) is 0 Å². The first kappa shape index (κ1) is 9.28. The molecule has 0 heterocycles. The monoisotopic (exact) mass is 140 g/mol. The van der Waals surface area contributed by atoms with Crippen molar-refractivity contribution in [3.05, 3.63) is 24.0 Å². The van der Waals surface area contributed by atoms with E-state index in [1.54, 1.807) is 0 Å². The van der Waals surface area contributed by atoms with Crippen LogP contribution in [0, 0.1) is 0 Å². The highest BCUT2D eigenvalue weighted by Crippen LogP contribution is 2.01. The van der Waals surface area contributed by atoms with Crippen molar-refractivity contribution in [1.82, 2.24) is 0 Å². The topological polar surface area (TPSA) is 20.2 Å². The number of aliphatic hydroxyl groups excluding tert-OH is 1. The summed E-state index contributed by atoms with van der Waals surface area (Å²) in [5, 5.41) is 9.10. The van der Waals surface area contributed by atoms with Crippen molar-refractivity contribution in [2.45, 2.75) is 33.1 Å². The van der Waals surface area contributed by atoms with Gasteiger partial charge in [0.1, 0.15) is 0 Å². The van der Waals surface area contributed by atoms with Gasteiger partial charge in [0.05, 0.1) is 5.76 Å². The van der Waals surface area contributed by atoms with Crippen molar-refractivity contribution in [3.63, 3.8) is 0 Å². The Hall–Kier alpha value is -0.720. The van der Waals surface area contributed by atoms with Crippen LogP contribution in [-0.4, -0.2) is 5.11 Å². The van der Waals surface area contributed by atoms with Crippen LogP contribution in [0.2, 0.25) is 0 Å². The van der Waals surface area contributed by atoms with E-state index >= 15 is 0 Å². The fraction of sp³-hybridized carbons (Fsp3) is 0.556. The molecular formula is C9H16O. The Morgan fingerprint density at radius 1 is 1.50 bits per heavy atom. The molecule has 0 bridgehead atoms. The third kappa shape index (κ3) is 5.42. The second kappa shape index (κ2) is 6.40. The van der Waals surface area contributed by atoms with Gasteiger partial charge in [-0.3, -0.25) is 0 Å². The molecule has 0 saturated carbocycles. The van der Waals surface area contributed by atoms with E-state index in [1.165, 1.54) is 0 Å². The fourth-order valence-corrected chi connectivity index (χ4v) is 0.698. The highest BCUT2D eigenvalue weighted by atomic mass is 16.3. The van der Waals surface area contributed by atoms with Crippen LogP contribution in [0.3, 0.4) is 0 Å². The molecule has 0 fully saturated rings. The van der Waals surface area contributed by atoms with E-state index in [0.29, 0.717) is 5.76 Å². The average molecular weight is 140 g/mol. The zero-order valence-electron chi connectivity index (χ0n) is 6.80. The largest absolute Gasteiger partial charge is 0.513 e. The fourth-order valence-electron chi connectivity index (χ4n) is 0.698. The minimum absolute atomic E-state index is 0.514. The standard InChI is InChI=1S/C9H16O/c1-3-5-6-8-9(10)7-4-2/h3,5,8,10H,4,6-7H2,1-2H3. The maximum absolute atomic E-state index is 9.10. The van der Waals surface area contributed by atoms with E-state index < -0.39 is 0 Å². The van der Waals surface area contributed by atoms with Gasteiger partial charge in [0.25, 0.3) is 0 Å². The van der Waals surface area contributed by atoms with Gasteiger partial charge in [0.15, 0.2) is 0 Å². The predicted octanol–water partition coefficient (Wildman–Crippen LogP) is 3.19. The van der Waals surface area contributed by atoms with Crippen LogP contribution in [0.15, 0.2) is 24.0 Å². The third-order valence-electron chi connectivity index (χ3n) is 1.23. The SMILES string of the molecule is CC=CCC=C(O)CCC. The lowest BCUT2D eigenvalue weighted by Crippen LogP contribution is -1.78. The van der Waals surface area contributed by atoms with Crippen LogP contribution in [0.1, 0.15) is 33.1 Å². The molecule has 0 atom stereocenters. The molecule has 0 amide bonds. The van der Waals surface area contributed by atoms with Gasteiger partial charge in [0.2, 0.25) is 0 Å². The van der Waals surface area contributed by atoms with Crippen LogP contribution >= 0.6 is 0 Å². The van der Waals surface area contributed by atoms with E-state index in [1.807, 2.05) is 25.2 Å². The van der Waals surface area contributed by atoms with Crippen LogP contribution < -0.4 is 0 Å². The molecule has 0 spiro atoms. The van der Waals surface area contributed by atoms with Crippen molar-refractivity contribution < 1.29 is 5.11 Å². The van der Waals surface area contributed by atoms with Crippen molar-refractivity contribution in [2.24, 2.45) is 0 Å². The Labute approximate surface area is 63.1 Å². The normalized spacial score (nSPS) is 12.8. The summed E-state index contributed by atoms with van der Waals surface area (Å²) in [6, 6.07) is 0. The second-order valence-electron chi connectivity index (χ2n) is 2.25. The van der Waals surface area contributed by atoms with Crippen molar-refractivity contribution in [1.29, 1.82) is 0 Å². The first-order chi connectivity index (χ1) is 4.81. The lowest BCUT2D eigenvalue weighted by Gasteiger charge is -1.93. The van der Waals surface area contributed by atoms with Crippen LogP contribution in [0.25, 0.3) is 0 Å². The average Bonchev–Trinajstić information content (AvgIpc) is 1.89. The molecule has 0 unspecified atom stereocenters. The number of rotatable bonds is 4. The molecule has 0 aliphatic rings.